The number of anilines is 1. The summed E-state index contributed by atoms with van der Waals surface area (Å²) in [6.07, 6.45) is -0.942. The number of benzene rings is 2. The van der Waals surface area contributed by atoms with Crippen LogP contribution >= 0.6 is 11.6 Å². The highest BCUT2D eigenvalue weighted by molar-refractivity contribution is 6.30. The predicted octanol–water partition coefficient (Wildman–Crippen LogP) is 2.39. The monoisotopic (exact) mass is 460 g/mol. The first-order chi connectivity index (χ1) is 15.4. The van der Waals surface area contributed by atoms with Crippen molar-refractivity contribution in [3.8, 4) is 0 Å². The minimum absolute atomic E-state index is 0.0889. The van der Waals surface area contributed by atoms with E-state index in [1.165, 1.54) is 9.80 Å². The molecule has 0 bridgehead atoms. The lowest BCUT2D eigenvalue weighted by molar-refractivity contribution is -0.136. The molecular formula is C22H25ClN4O5. The quantitative estimate of drug-likeness (QED) is 0.527. The average Bonchev–Trinajstić information content (AvgIpc) is 2.79. The zero-order chi connectivity index (χ0) is 23.1. The van der Waals surface area contributed by atoms with E-state index < -0.39 is 12.1 Å². The van der Waals surface area contributed by atoms with Crippen molar-refractivity contribution in [1.29, 1.82) is 0 Å². The van der Waals surface area contributed by atoms with E-state index >= 15 is 0 Å². The van der Waals surface area contributed by atoms with Gasteiger partial charge in [0, 0.05) is 36.9 Å². The van der Waals surface area contributed by atoms with Crippen LogP contribution in [0.2, 0.25) is 5.02 Å². The van der Waals surface area contributed by atoms with E-state index in [1.54, 1.807) is 36.4 Å². The molecule has 1 atom stereocenters. The van der Waals surface area contributed by atoms with E-state index in [0.717, 1.165) is 11.1 Å². The third-order valence-electron chi connectivity index (χ3n) is 5.22. The number of rotatable bonds is 6. The lowest BCUT2D eigenvalue weighted by Gasteiger charge is -2.39. The molecule has 0 spiro atoms. The summed E-state index contributed by atoms with van der Waals surface area (Å²) in [5, 5.41) is 24.8. The van der Waals surface area contributed by atoms with Gasteiger partial charge in [-0.2, -0.15) is 0 Å². The van der Waals surface area contributed by atoms with Crippen molar-refractivity contribution in [2.24, 2.45) is 0 Å². The van der Waals surface area contributed by atoms with Crippen molar-refractivity contribution in [3.05, 3.63) is 64.7 Å². The third kappa shape index (κ3) is 6.35. The number of aliphatic hydroxyl groups excluding tert-OH is 1. The highest BCUT2D eigenvalue weighted by Gasteiger charge is 2.31. The Balaban J connectivity index is 1.49. The Hall–Kier alpha value is -3.30. The van der Waals surface area contributed by atoms with E-state index in [2.05, 4.69) is 10.6 Å². The maximum Gasteiger partial charge on any atom is 0.407 e. The highest BCUT2D eigenvalue weighted by atomic mass is 35.5. The molecule has 0 saturated carbocycles. The van der Waals surface area contributed by atoms with Gasteiger partial charge in [-0.3, -0.25) is 4.79 Å². The number of carboxylic acid groups (broad SMARTS) is 1. The van der Waals surface area contributed by atoms with Gasteiger partial charge in [-0.15, -0.1) is 0 Å². The molecule has 1 fully saturated rings. The van der Waals surface area contributed by atoms with Gasteiger partial charge in [0.2, 0.25) is 5.91 Å². The van der Waals surface area contributed by atoms with Gasteiger partial charge in [0.1, 0.15) is 0 Å². The van der Waals surface area contributed by atoms with Gasteiger partial charge >= 0.3 is 12.1 Å². The first-order valence-electron chi connectivity index (χ1n) is 10.1. The number of carbonyl (C=O) groups is 3. The average molecular weight is 461 g/mol. The molecule has 3 rings (SSSR count). The topological polar surface area (TPSA) is 122 Å². The normalized spacial score (nSPS) is 15.9. The van der Waals surface area contributed by atoms with Crippen LogP contribution in [-0.2, 0) is 17.8 Å². The van der Waals surface area contributed by atoms with Gasteiger partial charge in [0.05, 0.1) is 19.1 Å². The predicted molar refractivity (Wildman–Crippen MR) is 120 cm³/mol. The van der Waals surface area contributed by atoms with Crippen molar-refractivity contribution in [1.82, 2.24) is 15.1 Å². The Kier molecular flexibility index (Phi) is 7.91. The standard InChI is InChI=1S/C22H25ClN4O5/c23-17-5-1-16(2-6-17)12-24-21(30)25-18-7-3-15(4-8-18)11-20(29)27-10-9-26(22(31)32)13-19(27)14-28/h1-8,19,28H,9-14H2,(H,31,32)(H2,24,25,30)/t19-/m0/s1. The molecule has 4 N–H and O–H groups in total. The largest absolute Gasteiger partial charge is 0.465 e. The fraction of sp³-hybridized carbons (Fsp3) is 0.318. The lowest BCUT2D eigenvalue weighted by Crippen LogP contribution is -2.58. The molecule has 1 saturated heterocycles. The SMILES string of the molecule is O=C(NCc1ccc(Cl)cc1)Nc1ccc(CC(=O)N2CCN(C(=O)O)C[C@H]2CO)cc1. The Morgan fingerprint density at radius 3 is 2.28 bits per heavy atom. The summed E-state index contributed by atoms with van der Waals surface area (Å²) < 4.78 is 0. The third-order valence-corrected chi connectivity index (χ3v) is 5.47. The number of amides is 4. The molecule has 2 aromatic carbocycles. The molecule has 0 aliphatic carbocycles. The van der Waals surface area contributed by atoms with Crippen LogP contribution in [-0.4, -0.2) is 70.3 Å². The minimum Gasteiger partial charge on any atom is -0.465 e. The molecule has 1 aliphatic heterocycles. The zero-order valence-corrected chi connectivity index (χ0v) is 18.1. The maximum absolute atomic E-state index is 12.7. The molecule has 170 valence electrons. The number of nitrogens with one attached hydrogen (secondary N) is 2. The Morgan fingerprint density at radius 1 is 1.00 bits per heavy atom. The number of hydrogen-bond acceptors (Lipinski definition) is 4. The molecule has 2 aromatic rings. The van der Waals surface area contributed by atoms with Crippen LogP contribution in [0.15, 0.2) is 48.5 Å². The summed E-state index contributed by atoms with van der Waals surface area (Å²) in [6.45, 7) is 0.598. The number of hydrogen-bond donors (Lipinski definition) is 4. The van der Waals surface area contributed by atoms with Gasteiger partial charge in [0.15, 0.2) is 0 Å². The second-order valence-electron chi connectivity index (χ2n) is 7.46. The maximum atomic E-state index is 12.7. The molecular weight excluding hydrogens is 436 g/mol. The van der Waals surface area contributed by atoms with Gasteiger partial charge < -0.3 is 30.6 Å². The Bertz CT molecular complexity index is 952. The number of carbonyl (C=O) groups excluding carboxylic acids is 2. The van der Waals surface area contributed by atoms with Crippen molar-refractivity contribution in [2.45, 2.75) is 19.0 Å². The second kappa shape index (κ2) is 10.8. The van der Waals surface area contributed by atoms with Gasteiger partial charge in [-0.1, -0.05) is 35.9 Å². The number of halogens is 1. The van der Waals surface area contributed by atoms with Crippen LogP contribution in [0, 0.1) is 0 Å². The van der Waals surface area contributed by atoms with E-state index in [9.17, 15) is 19.5 Å². The van der Waals surface area contributed by atoms with Gasteiger partial charge in [-0.05, 0) is 35.4 Å². The van der Waals surface area contributed by atoms with E-state index in [1.807, 2.05) is 12.1 Å². The van der Waals surface area contributed by atoms with Gasteiger partial charge in [-0.25, -0.2) is 9.59 Å². The molecule has 10 heteroatoms. The first-order valence-corrected chi connectivity index (χ1v) is 10.5. The van der Waals surface area contributed by atoms with Crippen LogP contribution in [0.5, 0.6) is 0 Å². The molecule has 32 heavy (non-hydrogen) atoms. The van der Waals surface area contributed by atoms with Crippen molar-refractivity contribution >= 4 is 35.3 Å². The Labute approximate surface area is 190 Å². The number of nitrogens with zero attached hydrogens (tertiary/aromatic N) is 2. The smallest absolute Gasteiger partial charge is 0.407 e. The van der Waals surface area contributed by atoms with Crippen molar-refractivity contribution in [2.75, 3.05) is 31.6 Å². The lowest BCUT2D eigenvalue weighted by atomic mass is 10.1. The molecule has 1 heterocycles. The zero-order valence-electron chi connectivity index (χ0n) is 17.3. The van der Waals surface area contributed by atoms with E-state index in [0.29, 0.717) is 17.3 Å². The summed E-state index contributed by atoms with van der Waals surface area (Å²) in [4.78, 5) is 38.6. The van der Waals surface area contributed by atoms with Crippen LogP contribution in [0.3, 0.4) is 0 Å². The minimum atomic E-state index is -1.06. The van der Waals surface area contributed by atoms with E-state index in [-0.39, 0.29) is 44.6 Å². The van der Waals surface area contributed by atoms with Crippen LogP contribution < -0.4 is 10.6 Å². The van der Waals surface area contributed by atoms with Crippen molar-refractivity contribution in [3.63, 3.8) is 0 Å². The fourth-order valence-corrected chi connectivity index (χ4v) is 3.58. The van der Waals surface area contributed by atoms with Crippen LogP contribution in [0.4, 0.5) is 15.3 Å². The molecule has 1 aliphatic rings. The number of aliphatic hydroxyl groups is 1. The summed E-state index contributed by atoms with van der Waals surface area (Å²) >= 11 is 5.84. The summed E-state index contributed by atoms with van der Waals surface area (Å²) in [5.74, 6) is -0.185. The first kappa shape index (κ1) is 23.4. The molecule has 0 unspecified atom stereocenters. The second-order valence-corrected chi connectivity index (χ2v) is 7.90. The van der Waals surface area contributed by atoms with E-state index in [4.69, 9.17) is 16.7 Å². The van der Waals surface area contributed by atoms with Crippen LogP contribution in [0.25, 0.3) is 0 Å². The summed E-state index contributed by atoms with van der Waals surface area (Å²) in [7, 11) is 0. The number of piperazine rings is 1. The number of urea groups is 1. The Morgan fingerprint density at radius 2 is 1.66 bits per heavy atom. The summed E-state index contributed by atoms with van der Waals surface area (Å²) in [5.41, 5.74) is 2.25. The molecule has 9 nitrogen and oxygen atoms in total. The van der Waals surface area contributed by atoms with Crippen LogP contribution in [0.1, 0.15) is 11.1 Å². The van der Waals surface area contributed by atoms with Crippen molar-refractivity contribution < 1.29 is 24.6 Å². The molecule has 4 amide bonds. The molecule has 0 aromatic heterocycles. The molecule has 0 radical (unpaired) electrons. The highest BCUT2D eigenvalue weighted by Crippen LogP contribution is 2.15. The summed E-state index contributed by atoms with van der Waals surface area (Å²) in [6, 6.07) is 13.2. The van der Waals surface area contributed by atoms with Gasteiger partial charge in [0.25, 0.3) is 0 Å². The fourth-order valence-electron chi connectivity index (χ4n) is 3.46.